The van der Waals surface area contributed by atoms with Crippen molar-refractivity contribution in [2.45, 2.75) is 56.5 Å². The van der Waals surface area contributed by atoms with Crippen LogP contribution in [0.15, 0.2) is 18.6 Å². The van der Waals surface area contributed by atoms with E-state index in [-0.39, 0.29) is 0 Å². The second kappa shape index (κ2) is 7.30. The maximum absolute atomic E-state index is 5.53. The van der Waals surface area contributed by atoms with Gasteiger partial charge in [0.05, 0.1) is 0 Å². The van der Waals surface area contributed by atoms with Gasteiger partial charge in [0.15, 0.2) is 5.82 Å². The van der Waals surface area contributed by atoms with Crippen LogP contribution in [0.4, 0.5) is 5.82 Å². The molecule has 25 heavy (non-hydrogen) atoms. The van der Waals surface area contributed by atoms with Crippen LogP contribution >= 0.6 is 0 Å². The molecule has 6 nitrogen and oxygen atoms in total. The molecule has 136 valence electrons. The standard InChI is InChI=1S/C19H29N5O/c1-23(2)16-5-3-15(4-6-16)22-19-18-17(14-8-11-25-12-9-14)7-10-24(18)21-13-20-19/h7,10,13-16H,3-6,8-9,11-12H2,1-2H3,(H,20,21,22). The van der Waals surface area contributed by atoms with Crippen LogP contribution in [0, 0.1) is 0 Å². The van der Waals surface area contributed by atoms with Crippen LogP contribution in [0.2, 0.25) is 0 Å². The molecule has 0 radical (unpaired) electrons. The summed E-state index contributed by atoms with van der Waals surface area (Å²) in [6.07, 6.45) is 10.8. The van der Waals surface area contributed by atoms with Crippen molar-refractivity contribution in [3.63, 3.8) is 0 Å². The highest BCUT2D eigenvalue weighted by atomic mass is 16.5. The Hall–Kier alpha value is -1.66. The van der Waals surface area contributed by atoms with Crippen molar-refractivity contribution in [3.8, 4) is 0 Å². The van der Waals surface area contributed by atoms with Crippen LogP contribution in [-0.2, 0) is 4.74 Å². The Balaban J connectivity index is 1.54. The Bertz CT molecular complexity index is 699. The Kier molecular flexibility index (Phi) is 4.90. The summed E-state index contributed by atoms with van der Waals surface area (Å²) in [4.78, 5) is 6.95. The number of ether oxygens (including phenoxy) is 1. The molecule has 1 N–H and O–H groups in total. The zero-order chi connectivity index (χ0) is 17.2. The monoisotopic (exact) mass is 343 g/mol. The average molecular weight is 343 g/mol. The van der Waals surface area contributed by atoms with Gasteiger partial charge in [-0.25, -0.2) is 9.50 Å². The third kappa shape index (κ3) is 3.51. The molecule has 1 aliphatic heterocycles. The van der Waals surface area contributed by atoms with E-state index in [9.17, 15) is 0 Å². The Labute approximate surface area is 149 Å². The molecule has 3 heterocycles. The van der Waals surface area contributed by atoms with Crippen molar-refractivity contribution in [1.82, 2.24) is 19.5 Å². The largest absolute Gasteiger partial charge is 0.381 e. The third-order valence-corrected chi connectivity index (χ3v) is 5.91. The van der Waals surface area contributed by atoms with Gasteiger partial charge in [0.25, 0.3) is 0 Å². The second-order valence-corrected chi connectivity index (χ2v) is 7.67. The number of hydrogen-bond acceptors (Lipinski definition) is 5. The lowest BCUT2D eigenvalue weighted by atomic mass is 9.90. The number of nitrogens with one attached hydrogen (secondary N) is 1. The van der Waals surface area contributed by atoms with E-state index in [2.05, 4.69) is 46.7 Å². The first-order chi connectivity index (χ1) is 12.2. The molecule has 2 fully saturated rings. The lowest BCUT2D eigenvalue weighted by Gasteiger charge is -2.33. The summed E-state index contributed by atoms with van der Waals surface area (Å²) < 4.78 is 7.51. The summed E-state index contributed by atoms with van der Waals surface area (Å²) >= 11 is 0. The summed E-state index contributed by atoms with van der Waals surface area (Å²) in [5.74, 6) is 1.55. The Morgan fingerprint density at radius 3 is 2.60 bits per heavy atom. The highest BCUT2D eigenvalue weighted by Gasteiger charge is 2.25. The van der Waals surface area contributed by atoms with E-state index in [0.717, 1.165) is 43.4 Å². The Morgan fingerprint density at radius 1 is 1.12 bits per heavy atom. The van der Waals surface area contributed by atoms with Gasteiger partial charge in [0.1, 0.15) is 11.8 Å². The van der Waals surface area contributed by atoms with E-state index >= 15 is 0 Å². The molecule has 2 aromatic rings. The van der Waals surface area contributed by atoms with Crippen molar-refractivity contribution in [2.75, 3.05) is 32.6 Å². The van der Waals surface area contributed by atoms with Gasteiger partial charge in [-0.2, -0.15) is 5.10 Å². The van der Waals surface area contributed by atoms with Crippen LogP contribution in [-0.4, -0.2) is 58.9 Å². The second-order valence-electron chi connectivity index (χ2n) is 7.67. The van der Waals surface area contributed by atoms with Gasteiger partial charge < -0.3 is 15.0 Å². The Morgan fingerprint density at radius 2 is 1.88 bits per heavy atom. The zero-order valence-electron chi connectivity index (χ0n) is 15.3. The third-order valence-electron chi connectivity index (χ3n) is 5.91. The fourth-order valence-corrected chi connectivity index (χ4v) is 4.35. The summed E-state index contributed by atoms with van der Waals surface area (Å²) in [7, 11) is 4.38. The predicted molar refractivity (Wildman–Crippen MR) is 99.1 cm³/mol. The van der Waals surface area contributed by atoms with E-state index in [1.165, 1.54) is 31.2 Å². The van der Waals surface area contributed by atoms with Crippen molar-refractivity contribution in [2.24, 2.45) is 0 Å². The van der Waals surface area contributed by atoms with Gasteiger partial charge >= 0.3 is 0 Å². The van der Waals surface area contributed by atoms with Gasteiger partial charge in [-0.15, -0.1) is 0 Å². The molecule has 0 amide bonds. The normalized spacial score (nSPS) is 25.6. The first-order valence-electron chi connectivity index (χ1n) is 9.55. The van der Waals surface area contributed by atoms with Crippen molar-refractivity contribution in [1.29, 1.82) is 0 Å². The SMILES string of the molecule is CN(C)C1CCC(Nc2ncnn3ccc(C4CCOCC4)c23)CC1. The minimum absolute atomic E-state index is 0.507. The van der Waals surface area contributed by atoms with Gasteiger partial charge in [0.2, 0.25) is 0 Å². The minimum Gasteiger partial charge on any atom is -0.381 e. The molecular weight excluding hydrogens is 314 g/mol. The van der Waals surface area contributed by atoms with Gasteiger partial charge in [-0.05, 0) is 70.2 Å². The zero-order valence-corrected chi connectivity index (χ0v) is 15.3. The van der Waals surface area contributed by atoms with Crippen molar-refractivity contribution in [3.05, 3.63) is 24.2 Å². The topological polar surface area (TPSA) is 54.7 Å². The summed E-state index contributed by atoms with van der Waals surface area (Å²) in [5.41, 5.74) is 2.53. The van der Waals surface area contributed by atoms with Gasteiger partial charge in [0, 0.05) is 31.5 Å². The molecule has 0 spiro atoms. The highest BCUT2D eigenvalue weighted by molar-refractivity contribution is 5.73. The average Bonchev–Trinajstić information content (AvgIpc) is 3.08. The minimum atomic E-state index is 0.507. The molecule has 4 rings (SSSR count). The molecule has 0 atom stereocenters. The van der Waals surface area contributed by atoms with E-state index in [4.69, 9.17) is 4.74 Å². The van der Waals surface area contributed by atoms with Crippen LogP contribution in [0.1, 0.15) is 50.0 Å². The van der Waals surface area contributed by atoms with Gasteiger partial charge in [-0.1, -0.05) is 0 Å². The number of anilines is 1. The maximum Gasteiger partial charge on any atom is 0.154 e. The molecule has 0 unspecified atom stereocenters. The summed E-state index contributed by atoms with van der Waals surface area (Å²) in [6.45, 7) is 1.71. The molecule has 2 aliphatic rings. The fourth-order valence-electron chi connectivity index (χ4n) is 4.35. The first kappa shape index (κ1) is 16.8. The maximum atomic E-state index is 5.53. The first-order valence-corrected chi connectivity index (χ1v) is 9.55. The lowest BCUT2D eigenvalue weighted by Crippen LogP contribution is -2.36. The smallest absolute Gasteiger partial charge is 0.154 e. The van der Waals surface area contributed by atoms with E-state index in [1.807, 2.05) is 4.52 Å². The fraction of sp³-hybridized carbons (Fsp3) is 0.684. The molecule has 6 heteroatoms. The molecule has 1 saturated heterocycles. The quantitative estimate of drug-likeness (QED) is 0.925. The van der Waals surface area contributed by atoms with Gasteiger partial charge in [-0.3, -0.25) is 0 Å². The van der Waals surface area contributed by atoms with E-state index in [0.29, 0.717) is 12.0 Å². The number of fused-ring (bicyclic) bond motifs is 1. The number of hydrogen-bond donors (Lipinski definition) is 1. The molecule has 0 aromatic carbocycles. The summed E-state index contributed by atoms with van der Waals surface area (Å²) in [5, 5.41) is 8.14. The molecular formula is C19H29N5O. The number of rotatable bonds is 4. The number of nitrogens with zero attached hydrogens (tertiary/aromatic N) is 4. The van der Waals surface area contributed by atoms with Crippen LogP contribution in [0.5, 0.6) is 0 Å². The van der Waals surface area contributed by atoms with Crippen molar-refractivity contribution < 1.29 is 4.74 Å². The van der Waals surface area contributed by atoms with E-state index < -0.39 is 0 Å². The molecule has 0 bridgehead atoms. The predicted octanol–water partition coefficient (Wildman–Crippen LogP) is 2.91. The highest BCUT2D eigenvalue weighted by Crippen LogP contribution is 2.34. The summed E-state index contributed by atoms with van der Waals surface area (Å²) in [6, 6.07) is 3.44. The van der Waals surface area contributed by atoms with Crippen LogP contribution in [0.3, 0.4) is 0 Å². The van der Waals surface area contributed by atoms with E-state index in [1.54, 1.807) is 6.33 Å². The number of aromatic nitrogens is 3. The molecule has 1 saturated carbocycles. The van der Waals surface area contributed by atoms with Crippen LogP contribution in [0.25, 0.3) is 5.52 Å². The van der Waals surface area contributed by atoms with Crippen LogP contribution < -0.4 is 5.32 Å². The van der Waals surface area contributed by atoms with Crippen molar-refractivity contribution >= 4 is 11.3 Å². The molecule has 1 aliphatic carbocycles. The lowest BCUT2D eigenvalue weighted by molar-refractivity contribution is 0.0856. The molecule has 2 aromatic heterocycles.